The molecule has 0 radical (unpaired) electrons. The molecule has 2 aliphatic rings. The monoisotopic (exact) mass is 401 g/mol. The summed E-state index contributed by atoms with van der Waals surface area (Å²) in [5, 5.41) is 8.83. The van der Waals surface area contributed by atoms with Crippen LogP contribution < -0.4 is 16.0 Å². The van der Waals surface area contributed by atoms with Crippen LogP contribution in [0, 0.1) is 5.82 Å². The summed E-state index contributed by atoms with van der Waals surface area (Å²) in [6.07, 6.45) is 2.14. The van der Waals surface area contributed by atoms with Crippen LogP contribution in [0.5, 0.6) is 0 Å². The molecular weight excluding hydrogens is 377 g/mol. The number of nitrogens with one attached hydrogen (secondary N) is 3. The fourth-order valence-electron chi connectivity index (χ4n) is 3.32. The van der Waals surface area contributed by atoms with Gasteiger partial charge in [-0.25, -0.2) is 4.39 Å². The van der Waals surface area contributed by atoms with Crippen LogP contribution in [0.2, 0.25) is 0 Å². The van der Waals surface area contributed by atoms with Crippen LogP contribution in [0.1, 0.15) is 25.3 Å². The third kappa shape index (κ3) is 5.34. The molecule has 2 heterocycles. The summed E-state index contributed by atoms with van der Waals surface area (Å²) in [6, 6.07) is 6.52. The molecule has 3 rings (SSSR count). The number of hydrogen-bond acceptors (Lipinski definition) is 4. The van der Waals surface area contributed by atoms with E-state index in [0.29, 0.717) is 23.8 Å². The van der Waals surface area contributed by atoms with Gasteiger partial charge in [-0.2, -0.15) is 0 Å². The number of carbonyl (C=O) groups excluding carboxylic acids is 2. The van der Waals surface area contributed by atoms with Crippen molar-refractivity contribution in [3.05, 3.63) is 35.6 Å². The number of hydrogen-bond donors (Lipinski definition) is 3. The van der Waals surface area contributed by atoms with Gasteiger partial charge in [0.1, 0.15) is 11.9 Å². The first-order valence-electron chi connectivity index (χ1n) is 8.72. The van der Waals surface area contributed by atoms with Crippen LogP contribution in [-0.2, 0) is 16.0 Å². The van der Waals surface area contributed by atoms with E-state index < -0.39 is 6.04 Å². The van der Waals surface area contributed by atoms with Crippen molar-refractivity contribution in [3.63, 3.8) is 0 Å². The van der Waals surface area contributed by atoms with Gasteiger partial charge in [-0.3, -0.25) is 9.59 Å². The highest BCUT2D eigenvalue weighted by molar-refractivity contribution is 8.00. The predicted octanol–water partition coefficient (Wildman–Crippen LogP) is 1.65. The fraction of sp³-hybridized carbons (Fsp3) is 0.556. The molecule has 0 saturated carbocycles. The van der Waals surface area contributed by atoms with E-state index in [4.69, 9.17) is 0 Å². The van der Waals surface area contributed by atoms with Gasteiger partial charge >= 0.3 is 0 Å². The van der Waals surface area contributed by atoms with Gasteiger partial charge in [-0.15, -0.1) is 24.2 Å². The number of amides is 2. The number of thioether (sulfide) groups is 1. The Hall–Kier alpha value is -1.31. The van der Waals surface area contributed by atoms with Crippen molar-refractivity contribution in [1.29, 1.82) is 0 Å². The van der Waals surface area contributed by atoms with E-state index in [0.717, 1.165) is 19.4 Å². The van der Waals surface area contributed by atoms with Crippen molar-refractivity contribution in [2.75, 3.05) is 12.3 Å². The first-order chi connectivity index (χ1) is 12.0. The molecule has 1 aromatic carbocycles. The molecule has 2 amide bonds. The molecule has 2 fully saturated rings. The molecule has 0 aliphatic carbocycles. The molecule has 0 spiro atoms. The number of piperidine rings is 1. The molecule has 0 bridgehead atoms. The number of rotatable bonds is 4. The van der Waals surface area contributed by atoms with Crippen molar-refractivity contribution < 1.29 is 14.0 Å². The molecule has 26 heavy (non-hydrogen) atoms. The minimum absolute atomic E-state index is 0. The van der Waals surface area contributed by atoms with Crippen molar-refractivity contribution in [2.45, 2.75) is 49.6 Å². The Bertz CT molecular complexity index is 649. The summed E-state index contributed by atoms with van der Waals surface area (Å²) in [5.74, 6) is -0.101. The molecule has 2 aliphatic heterocycles. The topological polar surface area (TPSA) is 70.2 Å². The average Bonchev–Trinajstić information content (AvgIpc) is 2.58. The maximum absolute atomic E-state index is 13.8. The lowest BCUT2D eigenvalue weighted by Crippen LogP contribution is -2.57. The average molecular weight is 402 g/mol. The zero-order chi connectivity index (χ0) is 17.8. The largest absolute Gasteiger partial charge is 0.351 e. The molecule has 4 atom stereocenters. The molecule has 8 heteroatoms. The van der Waals surface area contributed by atoms with Gasteiger partial charge in [-0.05, 0) is 44.4 Å². The molecule has 3 N–H and O–H groups in total. The zero-order valence-corrected chi connectivity index (χ0v) is 16.3. The summed E-state index contributed by atoms with van der Waals surface area (Å²) in [6.45, 7) is 2.99. The smallest absolute Gasteiger partial charge is 0.243 e. The van der Waals surface area contributed by atoms with E-state index in [1.807, 2.05) is 0 Å². The quantitative estimate of drug-likeness (QED) is 0.717. The second kappa shape index (κ2) is 9.58. The van der Waals surface area contributed by atoms with Crippen LogP contribution in [0.25, 0.3) is 0 Å². The van der Waals surface area contributed by atoms with Gasteiger partial charge < -0.3 is 16.0 Å². The standard InChI is InChI=1S/C18H24FN3O2S.ClH/c1-11-8-13(6-7-20-11)21-17(23)15-10-25-16(18(24)22-15)9-12-4-2-3-5-14(12)19;/h2-5,11,13,15-16,20H,6-10H2,1H3,(H,21,23)(H,22,24);1H. The lowest BCUT2D eigenvalue weighted by molar-refractivity contribution is -0.129. The Balaban J connectivity index is 0.00000243. The van der Waals surface area contributed by atoms with Crippen LogP contribution >= 0.6 is 24.2 Å². The molecule has 144 valence electrons. The minimum atomic E-state index is -0.514. The minimum Gasteiger partial charge on any atom is -0.351 e. The van der Waals surface area contributed by atoms with E-state index in [1.54, 1.807) is 18.2 Å². The van der Waals surface area contributed by atoms with Gasteiger partial charge in [-0.1, -0.05) is 18.2 Å². The highest BCUT2D eigenvalue weighted by Gasteiger charge is 2.33. The van der Waals surface area contributed by atoms with Gasteiger partial charge in [0.05, 0.1) is 5.25 Å². The molecular formula is C18H25ClFN3O2S. The maximum atomic E-state index is 13.8. The van der Waals surface area contributed by atoms with Gasteiger partial charge in [0.15, 0.2) is 0 Å². The van der Waals surface area contributed by atoms with E-state index in [-0.39, 0.29) is 41.3 Å². The first kappa shape index (κ1) is 21.0. The van der Waals surface area contributed by atoms with E-state index >= 15 is 0 Å². The molecule has 1 aromatic rings. The van der Waals surface area contributed by atoms with E-state index in [9.17, 15) is 14.0 Å². The van der Waals surface area contributed by atoms with Crippen molar-refractivity contribution in [3.8, 4) is 0 Å². The second-order valence-electron chi connectivity index (χ2n) is 6.76. The lowest BCUT2D eigenvalue weighted by atomic mass is 10.0. The zero-order valence-electron chi connectivity index (χ0n) is 14.7. The summed E-state index contributed by atoms with van der Waals surface area (Å²) in [5.41, 5.74) is 0.529. The van der Waals surface area contributed by atoms with Gasteiger partial charge in [0.25, 0.3) is 0 Å². The lowest BCUT2D eigenvalue weighted by Gasteiger charge is -2.32. The molecule has 5 nitrogen and oxygen atoms in total. The third-order valence-electron chi connectivity index (χ3n) is 4.72. The number of halogens is 2. The summed E-state index contributed by atoms with van der Waals surface area (Å²) in [4.78, 5) is 24.7. The van der Waals surface area contributed by atoms with Crippen molar-refractivity contribution in [2.24, 2.45) is 0 Å². The summed E-state index contributed by atoms with van der Waals surface area (Å²) < 4.78 is 13.8. The van der Waals surface area contributed by atoms with Crippen LogP contribution in [0.3, 0.4) is 0 Å². The molecule has 4 unspecified atom stereocenters. The van der Waals surface area contributed by atoms with Gasteiger partial charge in [0, 0.05) is 17.8 Å². The Morgan fingerprint density at radius 1 is 1.38 bits per heavy atom. The Morgan fingerprint density at radius 2 is 2.15 bits per heavy atom. The third-order valence-corrected chi connectivity index (χ3v) is 6.03. The molecule has 0 aromatic heterocycles. The Kier molecular flexibility index (Phi) is 7.73. The van der Waals surface area contributed by atoms with Gasteiger partial charge in [0.2, 0.25) is 11.8 Å². The predicted molar refractivity (Wildman–Crippen MR) is 104 cm³/mol. The first-order valence-corrected chi connectivity index (χ1v) is 9.77. The fourth-order valence-corrected chi connectivity index (χ4v) is 4.49. The SMILES string of the molecule is CC1CC(NC(=O)C2CSC(Cc3ccccc3F)C(=O)N2)CCN1.Cl. The summed E-state index contributed by atoms with van der Waals surface area (Å²) in [7, 11) is 0. The Morgan fingerprint density at radius 3 is 2.85 bits per heavy atom. The van der Waals surface area contributed by atoms with Crippen LogP contribution in [-0.4, -0.2) is 47.5 Å². The van der Waals surface area contributed by atoms with Crippen LogP contribution in [0.15, 0.2) is 24.3 Å². The normalized spacial score (nSPS) is 28.6. The number of carbonyl (C=O) groups is 2. The van der Waals surface area contributed by atoms with E-state index in [1.165, 1.54) is 17.8 Å². The number of benzene rings is 1. The van der Waals surface area contributed by atoms with E-state index in [2.05, 4.69) is 22.9 Å². The van der Waals surface area contributed by atoms with Crippen LogP contribution in [0.4, 0.5) is 4.39 Å². The highest BCUT2D eigenvalue weighted by Crippen LogP contribution is 2.23. The second-order valence-corrected chi connectivity index (χ2v) is 8.00. The maximum Gasteiger partial charge on any atom is 0.243 e. The highest BCUT2D eigenvalue weighted by atomic mass is 35.5. The van der Waals surface area contributed by atoms with Crippen molar-refractivity contribution in [1.82, 2.24) is 16.0 Å². The summed E-state index contributed by atoms with van der Waals surface area (Å²) >= 11 is 1.42. The molecule has 2 saturated heterocycles. The van der Waals surface area contributed by atoms with Crippen molar-refractivity contribution >= 4 is 36.0 Å². The Labute approximate surface area is 163 Å².